The van der Waals surface area contributed by atoms with E-state index >= 15 is 0 Å². The fraction of sp³-hybridized carbons (Fsp3) is 0.833. The first-order valence-electron chi connectivity index (χ1n) is 6.03. The van der Waals surface area contributed by atoms with Gasteiger partial charge in [-0.15, -0.1) is 0 Å². The summed E-state index contributed by atoms with van der Waals surface area (Å²) >= 11 is 0. The Bertz CT molecular complexity index is 294. The molecule has 0 bridgehead atoms. The Balaban J connectivity index is 2.31. The Morgan fingerprint density at radius 1 is 1.28 bits per heavy atom. The second-order valence-corrected chi connectivity index (χ2v) is 4.45. The summed E-state index contributed by atoms with van der Waals surface area (Å²) in [5.74, 6) is -0.146. The average Bonchev–Trinajstić information content (AvgIpc) is 2.38. The van der Waals surface area contributed by atoms with Crippen molar-refractivity contribution in [3.05, 3.63) is 0 Å². The van der Waals surface area contributed by atoms with Gasteiger partial charge in [-0.2, -0.15) is 0 Å². The van der Waals surface area contributed by atoms with Gasteiger partial charge in [0.25, 0.3) is 0 Å². The van der Waals surface area contributed by atoms with Crippen LogP contribution in [0.5, 0.6) is 0 Å². The molecule has 6 nitrogen and oxygen atoms in total. The Morgan fingerprint density at radius 2 is 2.00 bits per heavy atom. The Labute approximate surface area is 107 Å². The van der Waals surface area contributed by atoms with Crippen LogP contribution in [0.25, 0.3) is 0 Å². The van der Waals surface area contributed by atoms with Crippen molar-refractivity contribution in [3.8, 4) is 0 Å². The molecule has 2 unspecified atom stereocenters. The number of ether oxygens (including phenoxy) is 3. The van der Waals surface area contributed by atoms with Crippen LogP contribution in [-0.4, -0.2) is 63.4 Å². The van der Waals surface area contributed by atoms with Gasteiger partial charge < -0.3 is 19.1 Å². The van der Waals surface area contributed by atoms with E-state index < -0.39 is 5.97 Å². The molecule has 1 aliphatic heterocycles. The third-order valence-electron chi connectivity index (χ3n) is 3.22. The average molecular weight is 259 g/mol. The van der Waals surface area contributed by atoms with Crippen molar-refractivity contribution in [2.75, 3.05) is 40.5 Å². The molecule has 0 spiro atoms. The summed E-state index contributed by atoms with van der Waals surface area (Å²) in [6.07, 6.45) is 0.990. The SMILES string of the molecule is COC(=O)COCC(=O)N1CCC(C)C(OC)C1. The maximum Gasteiger partial charge on any atom is 0.331 e. The van der Waals surface area contributed by atoms with Gasteiger partial charge in [-0.1, -0.05) is 6.92 Å². The highest BCUT2D eigenvalue weighted by atomic mass is 16.6. The Kier molecular flexibility index (Phi) is 6.07. The first kappa shape index (κ1) is 14.9. The Hall–Kier alpha value is -1.14. The second kappa shape index (κ2) is 7.33. The van der Waals surface area contributed by atoms with Gasteiger partial charge in [-0.3, -0.25) is 4.79 Å². The molecule has 0 aromatic heterocycles. The minimum atomic E-state index is -0.482. The predicted octanol–water partition coefficient (Wildman–Crippen LogP) is 0.0594. The normalized spacial score (nSPS) is 23.8. The maximum absolute atomic E-state index is 11.8. The molecule has 1 rings (SSSR count). The van der Waals surface area contributed by atoms with Gasteiger partial charge in [0, 0.05) is 20.2 Å². The molecule has 0 aliphatic carbocycles. The highest BCUT2D eigenvalue weighted by molar-refractivity contribution is 5.78. The van der Waals surface area contributed by atoms with E-state index in [4.69, 9.17) is 9.47 Å². The number of amides is 1. The van der Waals surface area contributed by atoms with Crippen LogP contribution in [0, 0.1) is 5.92 Å². The van der Waals surface area contributed by atoms with E-state index in [1.54, 1.807) is 12.0 Å². The third kappa shape index (κ3) is 4.27. The molecule has 0 aromatic carbocycles. The number of likely N-dealkylation sites (tertiary alicyclic amines) is 1. The van der Waals surface area contributed by atoms with E-state index in [1.165, 1.54) is 7.11 Å². The van der Waals surface area contributed by atoms with E-state index in [9.17, 15) is 9.59 Å². The van der Waals surface area contributed by atoms with Crippen LogP contribution >= 0.6 is 0 Å². The Morgan fingerprint density at radius 3 is 2.61 bits per heavy atom. The van der Waals surface area contributed by atoms with Crippen molar-refractivity contribution in [1.29, 1.82) is 0 Å². The lowest BCUT2D eigenvalue weighted by Crippen LogP contribution is -2.47. The number of carbonyl (C=O) groups excluding carboxylic acids is 2. The molecule has 0 saturated carbocycles. The van der Waals surface area contributed by atoms with E-state index in [0.717, 1.165) is 6.42 Å². The first-order valence-corrected chi connectivity index (χ1v) is 6.03. The van der Waals surface area contributed by atoms with Crippen LogP contribution in [0.4, 0.5) is 0 Å². The van der Waals surface area contributed by atoms with E-state index in [0.29, 0.717) is 19.0 Å². The van der Waals surface area contributed by atoms with Crippen LogP contribution in [-0.2, 0) is 23.8 Å². The lowest BCUT2D eigenvalue weighted by molar-refractivity contribution is -0.150. The molecule has 1 amide bonds. The molecule has 1 aliphatic rings. The molecule has 2 atom stereocenters. The summed E-state index contributed by atoms with van der Waals surface area (Å²) in [5.41, 5.74) is 0. The summed E-state index contributed by atoms with van der Waals surface area (Å²) in [6.45, 7) is 3.11. The number of esters is 1. The monoisotopic (exact) mass is 259 g/mol. The molecular weight excluding hydrogens is 238 g/mol. The van der Waals surface area contributed by atoms with Crippen molar-refractivity contribution in [1.82, 2.24) is 4.90 Å². The van der Waals surface area contributed by atoms with Crippen LogP contribution < -0.4 is 0 Å². The fourth-order valence-corrected chi connectivity index (χ4v) is 1.94. The van der Waals surface area contributed by atoms with Gasteiger partial charge in [0.05, 0.1) is 13.2 Å². The second-order valence-electron chi connectivity index (χ2n) is 4.45. The minimum Gasteiger partial charge on any atom is -0.467 e. The van der Waals surface area contributed by atoms with Crippen LogP contribution in [0.1, 0.15) is 13.3 Å². The number of hydrogen-bond acceptors (Lipinski definition) is 5. The molecule has 1 heterocycles. The van der Waals surface area contributed by atoms with Crippen molar-refractivity contribution in [3.63, 3.8) is 0 Å². The number of rotatable bonds is 5. The van der Waals surface area contributed by atoms with Crippen molar-refractivity contribution >= 4 is 11.9 Å². The fourth-order valence-electron chi connectivity index (χ4n) is 1.94. The number of nitrogens with zero attached hydrogens (tertiary/aromatic N) is 1. The topological polar surface area (TPSA) is 65.1 Å². The van der Waals surface area contributed by atoms with E-state index in [-0.39, 0.29) is 25.2 Å². The van der Waals surface area contributed by atoms with Gasteiger partial charge in [0.15, 0.2) is 0 Å². The summed E-state index contributed by atoms with van der Waals surface area (Å²) in [5, 5.41) is 0. The minimum absolute atomic E-state index is 0.0725. The molecule has 0 aromatic rings. The van der Waals surface area contributed by atoms with Crippen LogP contribution in [0.2, 0.25) is 0 Å². The highest BCUT2D eigenvalue weighted by Crippen LogP contribution is 2.19. The van der Waals surface area contributed by atoms with Crippen molar-refractivity contribution in [2.24, 2.45) is 5.92 Å². The summed E-state index contributed by atoms with van der Waals surface area (Å²) in [7, 11) is 2.94. The molecule has 104 valence electrons. The maximum atomic E-state index is 11.8. The van der Waals surface area contributed by atoms with Crippen molar-refractivity contribution < 1.29 is 23.8 Å². The number of hydrogen-bond donors (Lipinski definition) is 0. The molecule has 1 saturated heterocycles. The summed E-state index contributed by atoms with van der Waals surface area (Å²) in [4.78, 5) is 24.4. The van der Waals surface area contributed by atoms with Crippen molar-refractivity contribution in [2.45, 2.75) is 19.4 Å². The molecule has 18 heavy (non-hydrogen) atoms. The smallest absolute Gasteiger partial charge is 0.331 e. The zero-order valence-corrected chi connectivity index (χ0v) is 11.2. The standard InChI is InChI=1S/C12H21NO5/c1-9-4-5-13(6-10(9)16-2)11(14)7-18-8-12(15)17-3/h9-10H,4-8H2,1-3H3. The molecule has 1 fully saturated rings. The van der Waals surface area contributed by atoms with E-state index in [1.807, 2.05) is 0 Å². The van der Waals surface area contributed by atoms with Gasteiger partial charge >= 0.3 is 5.97 Å². The molecule has 6 heteroatoms. The lowest BCUT2D eigenvalue weighted by atomic mass is 9.96. The first-order chi connectivity index (χ1) is 8.58. The molecule has 0 radical (unpaired) electrons. The zero-order chi connectivity index (χ0) is 13.5. The third-order valence-corrected chi connectivity index (χ3v) is 3.22. The quantitative estimate of drug-likeness (QED) is 0.653. The van der Waals surface area contributed by atoms with Gasteiger partial charge in [0.2, 0.25) is 5.91 Å². The van der Waals surface area contributed by atoms with Crippen LogP contribution in [0.15, 0.2) is 0 Å². The predicted molar refractivity (Wildman–Crippen MR) is 64.0 cm³/mol. The van der Waals surface area contributed by atoms with Gasteiger partial charge in [-0.05, 0) is 12.3 Å². The number of methoxy groups -OCH3 is 2. The van der Waals surface area contributed by atoms with Gasteiger partial charge in [0.1, 0.15) is 13.2 Å². The highest BCUT2D eigenvalue weighted by Gasteiger charge is 2.28. The summed E-state index contributed by atoms with van der Waals surface area (Å²) < 4.78 is 14.7. The molecular formula is C12H21NO5. The van der Waals surface area contributed by atoms with Gasteiger partial charge in [-0.25, -0.2) is 4.79 Å². The largest absolute Gasteiger partial charge is 0.467 e. The number of piperidine rings is 1. The molecule has 0 N–H and O–H groups in total. The zero-order valence-electron chi connectivity index (χ0n) is 11.2. The lowest BCUT2D eigenvalue weighted by Gasteiger charge is -2.36. The summed E-state index contributed by atoms with van der Waals surface area (Å²) in [6, 6.07) is 0. The van der Waals surface area contributed by atoms with Crippen LogP contribution in [0.3, 0.4) is 0 Å². The number of carbonyl (C=O) groups is 2. The van der Waals surface area contributed by atoms with E-state index in [2.05, 4.69) is 11.7 Å².